The van der Waals surface area contributed by atoms with Gasteiger partial charge in [0.2, 0.25) is 11.6 Å². The maximum absolute atomic E-state index is 13.8. The number of β-lactam (4-membered cyclic amide) rings is 1. The van der Waals surface area contributed by atoms with E-state index in [2.05, 4.69) is 0 Å². The molecule has 4 atom stereocenters. The second-order valence-electron chi connectivity index (χ2n) is 9.52. The molecule has 200 valence electrons. The predicted molar refractivity (Wildman–Crippen MR) is 146 cm³/mol. The summed E-state index contributed by atoms with van der Waals surface area (Å²) in [5.74, 6) is 0.370. The van der Waals surface area contributed by atoms with Crippen molar-refractivity contribution in [1.82, 2.24) is 9.80 Å². The van der Waals surface area contributed by atoms with Gasteiger partial charge in [-0.15, -0.1) is 4.52 Å². The molecule has 2 aromatic rings. The van der Waals surface area contributed by atoms with E-state index in [1.807, 2.05) is 84.0 Å². The van der Waals surface area contributed by atoms with Crippen molar-refractivity contribution in [3.05, 3.63) is 65.7 Å². The van der Waals surface area contributed by atoms with Crippen LogP contribution in [0.15, 0.2) is 54.6 Å². The minimum Gasteiger partial charge on any atom is -0.469 e. The number of hydrogen-bond donors (Lipinski definition) is 0. The van der Waals surface area contributed by atoms with Crippen molar-refractivity contribution >= 4 is 20.0 Å². The van der Waals surface area contributed by atoms with E-state index < -0.39 is 19.7 Å². The second kappa shape index (κ2) is 12.7. The maximum Gasteiger partial charge on any atom is 0.515 e. The Hall–Kier alpha value is -2.76. The molecular formula is C29H40N2O5P+. The monoisotopic (exact) mass is 527 g/mol. The molecule has 8 heteroatoms. The van der Waals surface area contributed by atoms with Gasteiger partial charge in [-0.25, -0.2) is 9.69 Å². The zero-order valence-electron chi connectivity index (χ0n) is 22.8. The molecule has 0 bridgehead atoms. The van der Waals surface area contributed by atoms with E-state index in [-0.39, 0.29) is 23.6 Å². The fourth-order valence-electron chi connectivity index (χ4n) is 4.95. The highest BCUT2D eigenvalue weighted by Gasteiger charge is 2.63. The topological polar surface area (TPSA) is 76.2 Å². The van der Waals surface area contributed by atoms with Gasteiger partial charge in [0, 0.05) is 12.1 Å². The molecule has 1 aliphatic heterocycles. The van der Waals surface area contributed by atoms with E-state index in [0.29, 0.717) is 31.7 Å². The molecule has 37 heavy (non-hydrogen) atoms. The van der Waals surface area contributed by atoms with Gasteiger partial charge in [-0.3, -0.25) is 4.79 Å². The highest BCUT2D eigenvalue weighted by atomic mass is 31.1. The van der Waals surface area contributed by atoms with Gasteiger partial charge in [-0.05, 0) is 62.3 Å². The van der Waals surface area contributed by atoms with Gasteiger partial charge in [0.15, 0.2) is 6.23 Å². The molecule has 0 aliphatic carbocycles. The summed E-state index contributed by atoms with van der Waals surface area (Å²) in [6, 6.07) is 16.7. The second-order valence-corrected chi connectivity index (χ2v) is 11.1. The summed E-state index contributed by atoms with van der Waals surface area (Å²) >= 11 is 0. The quantitative estimate of drug-likeness (QED) is 0.211. The highest BCUT2D eigenvalue weighted by molar-refractivity contribution is 7.39. The number of ether oxygens (including phenoxy) is 1. The molecule has 1 saturated heterocycles. The Labute approximate surface area is 222 Å². The van der Waals surface area contributed by atoms with E-state index >= 15 is 0 Å². The van der Waals surface area contributed by atoms with Crippen LogP contribution in [0.4, 0.5) is 4.79 Å². The van der Waals surface area contributed by atoms with Crippen molar-refractivity contribution in [3.8, 4) is 5.75 Å². The summed E-state index contributed by atoms with van der Waals surface area (Å²) in [7, 11) is -1.81. The first-order chi connectivity index (χ1) is 17.7. The van der Waals surface area contributed by atoms with Gasteiger partial charge in [0.05, 0.1) is 12.6 Å². The summed E-state index contributed by atoms with van der Waals surface area (Å²) in [6.07, 6.45) is 1.21. The van der Waals surface area contributed by atoms with Gasteiger partial charge >= 0.3 is 14.1 Å². The minimum absolute atomic E-state index is 0.187. The predicted octanol–water partition coefficient (Wildman–Crippen LogP) is 7.47. The average Bonchev–Trinajstić information content (AvgIpc) is 2.92. The fraction of sp³-hybridized carbons (Fsp3) is 0.517. The summed E-state index contributed by atoms with van der Waals surface area (Å²) in [5, 5.41) is 0. The average molecular weight is 528 g/mol. The van der Waals surface area contributed by atoms with Crippen LogP contribution in [0.5, 0.6) is 5.75 Å². The van der Waals surface area contributed by atoms with E-state index in [1.54, 1.807) is 17.0 Å². The van der Waals surface area contributed by atoms with Crippen LogP contribution in [-0.2, 0) is 13.9 Å². The summed E-state index contributed by atoms with van der Waals surface area (Å²) in [4.78, 5) is 30.4. The molecule has 1 fully saturated rings. The molecule has 0 aromatic heterocycles. The van der Waals surface area contributed by atoms with Crippen LogP contribution in [0.3, 0.4) is 0 Å². The molecule has 3 rings (SSSR count). The number of hydrogen-bond acceptors (Lipinski definition) is 5. The Morgan fingerprint density at radius 2 is 1.62 bits per heavy atom. The molecule has 3 amide bonds. The van der Waals surface area contributed by atoms with Crippen LogP contribution in [0.25, 0.3) is 0 Å². The first kappa shape index (κ1) is 28.8. The van der Waals surface area contributed by atoms with Gasteiger partial charge in [-0.1, -0.05) is 63.2 Å². The smallest absolute Gasteiger partial charge is 0.469 e. The molecule has 1 heterocycles. The van der Waals surface area contributed by atoms with Crippen molar-refractivity contribution < 1.29 is 23.4 Å². The summed E-state index contributed by atoms with van der Waals surface area (Å²) in [5.41, 5.74) is 0.887. The number of benzene rings is 2. The highest BCUT2D eigenvalue weighted by Crippen LogP contribution is 2.47. The lowest BCUT2D eigenvalue weighted by Crippen LogP contribution is -2.74. The largest absolute Gasteiger partial charge is 0.515 e. The normalized spacial score (nSPS) is 18.5. The number of amides is 3. The van der Waals surface area contributed by atoms with Crippen LogP contribution >= 0.6 is 8.03 Å². The van der Waals surface area contributed by atoms with Crippen LogP contribution in [0.1, 0.15) is 83.6 Å². The SMILES string of the molecule is CCCN(C(=O)N1C(=O)C(CC)(CC)[C@@H]1Oc1ccc(C(C)[P+](=O)OCC)cc1)[C@H](C)c1ccccc1. The third kappa shape index (κ3) is 5.73. The molecule has 2 unspecified atom stereocenters. The van der Waals surface area contributed by atoms with Gasteiger partial charge in [0.1, 0.15) is 11.2 Å². The first-order valence-corrected chi connectivity index (χ1v) is 14.5. The van der Waals surface area contributed by atoms with Gasteiger partial charge < -0.3 is 9.64 Å². The van der Waals surface area contributed by atoms with E-state index in [1.165, 1.54) is 4.90 Å². The third-order valence-electron chi connectivity index (χ3n) is 7.46. The number of nitrogens with zero attached hydrogens (tertiary/aromatic N) is 2. The number of urea groups is 1. The number of carbonyl (C=O) groups is 2. The fourth-order valence-corrected chi connectivity index (χ4v) is 5.84. The number of carbonyl (C=O) groups excluding carboxylic acids is 2. The first-order valence-electron chi connectivity index (χ1n) is 13.3. The maximum atomic E-state index is 13.8. The van der Waals surface area contributed by atoms with Crippen LogP contribution in [-0.4, -0.2) is 41.1 Å². The zero-order valence-corrected chi connectivity index (χ0v) is 23.7. The van der Waals surface area contributed by atoms with Crippen LogP contribution < -0.4 is 4.74 Å². The number of rotatable bonds is 12. The molecular weight excluding hydrogens is 487 g/mol. The number of imide groups is 1. The molecule has 2 aromatic carbocycles. The standard InChI is InChI=1S/C29H40N2O5P/c1-7-20-30(21(5)23-14-12-11-13-15-23)28(33)31-26(32)29(8-2,9-3)27(31)36-25-18-16-24(17-19-25)22(6)37(34)35-10-4/h11-19,21-22,27H,7-10,20H2,1-6H3/q+1/t21-,22?,27+/m1/s1. The van der Waals surface area contributed by atoms with Gasteiger partial charge in [-0.2, -0.15) is 0 Å². The Kier molecular flexibility index (Phi) is 9.86. The molecule has 0 spiro atoms. The zero-order chi connectivity index (χ0) is 27.2. The third-order valence-corrected chi connectivity index (χ3v) is 8.91. The lowest BCUT2D eigenvalue weighted by Gasteiger charge is -2.54. The Bertz CT molecular complexity index is 1070. The Morgan fingerprint density at radius 1 is 1.00 bits per heavy atom. The van der Waals surface area contributed by atoms with E-state index in [9.17, 15) is 14.2 Å². The lowest BCUT2D eigenvalue weighted by atomic mass is 9.72. The Morgan fingerprint density at radius 3 is 2.16 bits per heavy atom. The molecule has 0 radical (unpaired) electrons. The van der Waals surface area contributed by atoms with Crippen molar-refractivity contribution in [2.24, 2.45) is 5.41 Å². The molecule has 0 N–H and O–H groups in total. The van der Waals surface area contributed by atoms with Crippen molar-refractivity contribution in [2.75, 3.05) is 13.2 Å². The van der Waals surface area contributed by atoms with E-state index in [0.717, 1.165) is 17.5 Å². The summed E-state index contributed by atoms with van der Waals surface area (Å²) < 4.78 is 23.9. The lowest BCUT2D eigenvalue weighted by molar-refractivity contribution is -0.192. The molecule has 1 aliphatic rings. The summed E-state index contributed by atoms with van der Waals surface area (Å²) in [6.45, 7) is 12.5. The number of likely N-dealkylation sites (tertiary alicyclic amines) is 1. The molecule has 0 saturated carbocycles. The van der Waals surface area contributed by atoms with Crippen LogP contribution in [0.2, 0.25) is 0 Å². The Balaban J connectivity index is 1.87. The van der Waals surface area contributed by atoms with Crippen molar-refractivity contribution in [3.63, 3.8) is 0 Å². The van der Waals surface area contributed by atoms with Crippen molar-refractivity contribution in [1.29, 1.82) is 0 Å². The molecule has 7 nitrogen and oxygen atoms in total. The minimum atomic E-state index is -1.81. The van der Waals surface area contributed by atoms with Gasteiger partial charge in [0.25, 0.3) is 0 Å². The van der Waals surface area contributed by atoms with E-state index in [4.69, 9.17) is 9.26 Å². The van der Waals surface area contributed by atoms with Crippen LogP contribution in [0, 0.1) is 5.41 Å². The van der Waals surface area contributed by atoms with Crippen molar-refractivity contribution in [2.45, 2.75) is 78.7 Å².